The number of aryl methyl sites for hydroxylation is 1. The zero-order valence-electron chi connectivity index (χ0n) is 16.5. The number of nitrogen functional groups attached to an aromatic ring is 1. The van der Waals surface area contributed by atoms with Gasteiger partial charge in [0.25, 0.3) is 0 Å². The number of anilines is 1. The zero-order chi connectivity index (χ0) is 19.5. The van der Waals surface area contributed by atoms with Crippen LogP contribution < -0.4 is 11.1 Å². The number of nitrogens with two attached hydrogens (primary N) is 1. The summed E-state index contributed by atoms with van der Waals surface area (Å²) < 4.78 is 0. The average molecular weight is 420 g/mol. The van der Waals surface area contributed by atoms with E-state index in [4.69, 9.17) is 10.7 Å². The molecule has 2 aliphatic rings. The lowest BCUT2D eigenvalue weighted by molar-refractivity contribution is -0.118. The number of rotatable bonds is 6. The molecule has 1 amide bonds. The van der Waals surface area contributed by atoms with Gasteiger partial charge in [0.2, 0.25) is 5.91 Å². The summed E-state index contributed by atoms with van der Waals surface area (Å²) in [6, 6.07) is 0. The standard InChI is InChI=1S/C20H29N5OS2/c1-13-5-6-14-15(11-13)28-19-17(14)18(21)23-20(24-19)27-12-16(26)22-7-10-25-8-3-2-4-9-25/h13H,2-12H2,1H3,(H,22,26)(H2,21,23,24). The van der Waals surface area contributed by atoms with Crippen molar-refractivity contribution >= 4 is 45.0 Å². The van der Waals surface area contributed by atoms with Crippen molar-refractivity contribution in [3.05, 3.63) is 10.4 Å². The molecule has 8 heteroatoms. The quantitative estimate of drug-likeness (QED) is 0.553. The maximum absolute atomic E-state index is 12.2. The molecule has 1 fully saturated rings. The van der Waals surface area contributed by atoms with Crippen LogP contribution in [0, 0.1) is 5.92 Å². The molecule has 6 nitrogen and oxygen atoms in total. The van der Waals surface area contributed by atoms with Crippen LogP contribution in [0.1, 0.15) is 43.0 Å². The lowest BCUT2D eigenvalue weighted by Gasteiger charge is -2.26. The van der Waals surface area contributed by atoms with Gasteiger partial charge in [0.15, 0.2) is 5.16 Å². The summed E-state index contributed by atoms with van der Waals surface area (Å²) in [7, 11) is 0. The molecule has 0 aromatic carbocycles. The number of amides is 1. The maximum Gasteiger partial charge on any atom is 0.230 e. The SMILES string of the molecule is CC1CCc2c(sc3nc(SCC(=O)NCCN4CCCCC4)nc(N)c23)C1. The minimum absolute atomic E-state index is 0.0311. The molecule has 0 saturated carbocycles. The van der Waals surface area contributed by atoms with Crippen LogP contribution in [0.2, 0.25) is 0 Å². The summed E-state index contributed by atoms with van der Waals surface area (Å²) in [5.41, 5.74) is 7.62. The van der Waals surface area contributed by atoms with Gasteiger partial charge in [-0.25, -0.2) is 9.97 Å². The van der Waals surface area contributed by atoms with Crippen LogP contribution in [0.4, 0.5) is 5.82 Å². The van der Waals surface area contributed by atoms with E-state index in [2.05, 4.69) is 22.1 Å². The van der Waals surface area contributed by atoms with Crippen LogP contribution in [0.5, 0.6) is 0 Å². The summed E-state index contributed by atoms with van der Waals surface area (Å²) in [4.78, 5) is 26.1. The Kier molecular flexibility index (Phi) is 6.38. The number of carbonyl (C=O) groups is 1. The molecule has 1 aliphatic heterocycles. The second-order valence-corrected chi connectivity index (χ2v) is 9.99. The van der Waals surface area contributed by atoms with Crippen molar-refractivity contribution in [1.29, 1.82) is 0 Å². The topological polar surface area (TPSA) is 84.1 Å². The summed E-state index contributed by atoms with van der Waals surface area (Å²) in [5, 5.41) is 4.65. The van der Waals surface area contributed by atoms with Gasteiger partial charge in [-0.2, -0.15) is 0 Å². The van der Waals surface area contributed by atoms with Crippen LogP contribution in [0.15, 0.2) is 5.16 Å². The number of carbonyl (C=O) groups excluding carboxylic acids is 1. The highest BCUT2D eigenvalue weighted by atomic mass is 32.2. The highest BCUT2D eigenvalue weighted by Crippen LogP contribution is 2.39. The summed E-state index contributed by atoms with van der Waals surface area (Å²) in [6.07, 6.45) is 7.26. The smallest absolute Gasteiger partial charge is 0.230 e. The Morgan fingerprint density at radius 1 is 1.32 bits per heavy atom. The maximum atomic E-state index is 12.2. The molecule has 2 aromatic heterocycles. The number of nitrogens with zero attached hydrogens (tertiary/aromatic N) is 3. The first-order chi connectivity index (χ1) is 13.6. The van der Waals surface area contributed by atoms with E-state index in [1.54, 1.807) is 11.3 Å². The first-order valence-electron chi connectivity index (χ1n) is 10.3. The van der Waals surface area contributed by atoms with E-state index in [1.807, 2.05) is 0 Å². The number of hydrogen-bond acceptors (Lipinski definition) is 7. The molecular formula is C20H29N5OS2. The van der Waals surface area contributed by atoms with Crippen LogP contribution in [-0.4, -0.2) is 52.7 Å². The van der Waals surface area contributed by atoms with Gasteiger partial charge in [0.1, 0.15) is 10.6 Å². The second kappa shape index (κ2) is 8.97. The molecule has 0 spiro atoms. The average Bonchev–Trinajstić information content (AvgIpc) is 3.05. The molecule has 1 unspecified atom stereocenters. The van der Waals surface area contributed by atoms with E-state index in [9.17, 15) is 4.79 Å². The molecule has 4 rings (SSSR count). The Labute approximate surface area is 174 Å². The first-order valence-corrected chi connectivity index (χ1v) is 12.1. The third kappa shape index (κ3) is 4.60. The van der Waals surface area contributed by atoms with Crippen molar-refractivity contribution in [3.8, 4) is 0 Å². The largest absolute Gasteiger partial charge is 0.383 e. The Bertz CT molecular complexity index is 847. The molecule has 3 N–H and O–H groups in total. The first kappa shape index (κ1) is 19.9. The van der Waals surface area contributed by atoms with Gasteiger partial charge in [-0.05, 0) is 56.7 Å². The normalized spacial score (nSPS) is 20.2. The van der Waals surface area contributed by atoms with Crippen molar-refractivity contribution in [2.45, 2.75) is 50.6 Å². The van der Waals surface area contributed by atoms with Gasteiger partial charge >= 0.3 is 0 Å². The number of aromatic nitrogens is 2. The number of thioether (sulfide) groups is 1. The molecule has 28 heavy (non-hydrogen) atoms. The Morgan fingerprint density at radius 3 is 2.96 bits per heavy atom. The van der Waals surface area contributed by atoms with E-state index in [0.29, 0.717) is 23.3 Å². The summed E-state index contributed by atoms with van der Waals surface area (Å²) >= 11 is 3.11. The molecule has 0 radical (unpaired) electrons. The van der Waals surface area contributed by atoms with Gasteiger partial charge in [-0.3, -0.25) is 4.79 Å². The minimum atomic E-state index is 0.0311. The molecule has 1 atom stereocenters. The predicted molar refractivity (Wildman–Crippen MR) is 117 cm³/mol. The highest BCUT2D eigenvalue weighted by Gasteiger charge is 2.23. The number of likely N-dealkylation sites (tertiary alicyclic amines) is 1. The minimum Gasteiger partial charge on any atom is -0.383 e. The predicted octanol–water partition coefficient (Wildman–Crippen LogP) is 3.09. The number of nitrogens with one attached hydrogen (secondary N) is 1. The zero-order valence-corrected chi connectivity index (χ0v) is 18.1. The van der Waals surface area contributed by atoms with Crippen molar-refractivity contribution in [3.63, 3.8) is 0 Å². The molecule has 152 valence electrons. The van der Waals surface area contributed by atoms with E-state index < -0.39 is 0 Å². The second-order valence-electron chi connectivity index (χ2n) is 7.96. The van der Waals surface area contributed by atoms with Crippen molar-refractivity contribution in [1.82, 2.24) is 20.2 Å². The third-order valence-electron chi connectivity index (χ3n) is 5.69. The van der Waals surface area contributed by atoms with Gasteiger partial charge in [-0.15, -0.1) is 11.3 Å². The van der Waals surface area contributed by atoms with E-state index in [1.165, 1.54) is 47.9 Å². The van der Waals surface area contributed by atoms with Crippen LogP contribution in [0.3, 0.4) is 0 Å². The number of thiophene rings is 1. The Balaban J connectivity index is 1.32. The molecule has 1 saturated heterocycles. The third-order valence-corrected chi connectivity index (χ3v) is 7.69. The van der Waals surface area contributed by atoms with E-state index in [0.717, 1.165) is 48.6 Å². The summed E-state index contributed by atoms with van der Waals surface area (Å²) in [5.74, 6) is 1.64. The number of hydrogen-bond donors (Lipinski definition) is 2. The van der Waals surface area contributed by atoms with Gasteiger partial charge < -0.3 is 16.0 Å². The molecule has 2 aromatic rings. The molecular weight excluding hydrogens is 390 g/mol. The Hall–Kier alpha value is -1.38. The lowest BCUT2D eigenvalue weighted by atomic mass is 9.89. The van der Waals surface area contributed by atoms with Crippen molar-refractivity contribution in [2.24, 2.45) is 5.92 Å². The lowest BCUT2D eigenvalue weighted by Crippen LogP contribution is -2.38. The molecule has 1 aliphatic carbocycles. The molecule has 0 bridgehead atoms. The summed E-state index contributed by atoms with van der Waals surface area (Å²) in [6.45, 7) is 6.25. The van der Waals surface area contributed by atoms with Gasteiger partial charge in [-0.1, -0.05) is 25.1 Å². The van der Waals surface area contributed by atoms with Crippen molar-refractivity contribution in [2.75, 3.05) is 37.7 Å². The van der Waals surface area contributed by atoms with Crippen LogP contribution in [0.25, 0.3) is 10.2 Å². The fraction of sp³-hybridized carbons (Fsp3) is 0.650. The fourth-order valence-corrected chi connectivity index (χ4v) is 6.26. The Morgan fingerprint density at radius 2 is 2.14 bits per heavy atom. The van der Waals surface area contributed by atoms with Crippen LogP contribution in [-0.2, 0) is 17.6 Å². The van der Waals surface area contributed by atoms with Gasteiger partial charge in [0.05, 0.1) is 11.1 Å². The monoisotopic (exact) mass is 419 g/mol. The number of fused-ring (bicyclic) bond motifs is 3. The number of piperidine rings is 1. The van der Waals surface area contributed by atoms with E-state index >= 15 is 0 Å². The van der Waals surface area contributed by atoms with Crippen molar-refractivity contribution < 1.29 is 4.79 Å². The van der Waals surface area contributed by atoms with Crippen LogP contribution >= 0.6 is 23.1 Å². The molecule has 3 heterocycles. The highest BCUT2D eigenvalue weighted by molar-refractivity contribution is 7.99. The fourth-order valence-electron chi connectivity index (χ4n) is 4.13. The van der Waals surface area contributed by atoms with E-state index in [-0.39, 0.29) is 5.91 Å². The van der Waals surface area contributed by atoms with Gasteiger partial charge in [0, 0.05) is 18.0 Å².